The third-order valence-corrected chi connectivity index (χ3v) is 3.14. The molecule has 0 fully saturated rings. The molecule has 104 valence electrons. The third-order valence-electron chi connectivity index (χ3n) is 3.14. The fourth-order valence-corrected chi connectivity index (χ4v) is 2.05. The van der Waals surface area contributed by atoms with Crippen molar-refractivity contribution in [1.29, 1.82) is 0 Å². The van der Waals surface area contributed by atoms with Crippen molar-refractivity contribution in [2.24, 2.45) is 0 Å². The van der Waals surface area contributed by atoms with Crippen molar-refractivity contribution in [3.05, 3.63) is 0 Å². The smallest absolute Gasteiger partial charge is 0.0819 e. The highest BCUT2D eigenvalue weighted by Crippen LogP contribution is 2.11. The maximum Gasteiger partial charge on any atom is 0.0819 e. The molecule has 0 bridgehead atoms. The number of aliphatic hydroxyl groups excluding tert-OH is 1. The van der Waals surface area contributed by atoms with Gasteiger partial charge in [-0.05, 0) is 12.8 Å². The molecule has 17 heavy (non-hydrogen) atoms. The minimum Gasteiger partial charge on any atom is -0.396 e. The Morgan fingerprint density at radius 2 is 0.882 bits per heavy atom. The van der Waals surface area contributed by atoms with E-state index in [0.717, 1.165) is 12.8 Å². The van der Waals surface area contributed by atoms with Gasteiger partial charge in [0.25, 0.3) is 0 Å². The van der Waals surface area contributed by atoms with Gasteiger partial charge in [-0.15, -0.1) is 0 Å². The molecule has 0 amide bonds. The molecule has 0 aliphatic carbocycles. The Labute approximate surface area is 106 Å². The predicted molar refractivity (Wildman–Crippen MR) is 71.1 cm³/mol. The highest BCUT2D eigenvalue weighted by molar-refractivity contribution is 4.48. The number of aliphatic hydroxyl groups is 1. The van der Waals surface area contributed by atoms with Crippen LogP contribution in [0.15, 0.2) is 0 Å². The summed E-state index contributed by atoms with van der Waals surface area (Å²) in [4.78, 5) is 4.03. The van der Waals surface area contributed by atoms with Crippen molar-refractivity contribution in [3.63, 3.8) is 0 Å². The first-order chi connectivity index (χ1) is 8.41. The maximum atomic E-state index is 8.62. The van der Waals surface area contributed by atoms with Crippen LogP contribution in [0, 0.1) is 0 Å². The first-order valence-electron chi connectivity index (χ1n) is 7.29. The summed E-state index contributed by atoms with van der Waals surface area (Å²) >= 11 is 0. The summed E-state index contributed by atoms with van der Waals surface area (Å²) in [5, 5.41) is 16.8. The Balaban J connectivity index is 2.85. The van der Waals surface area contributed by atoms with Crippen molar-refractivity contribution in [2.75, 3.05) is 13.2 Å². The lowest BCUT2D eigenvalue weighted by molar-refractivity contribution is -0.242. The summed E-state index contributed by atoms with van der Waals surface area (Å²) in [5.74, 6) is 0. The summed E-state index contributed by atoms with van der Waals surface area (Å²) in [6.45, 7) is 0.829. The van der Waals surface area contributed by atoms with Gasteiger partial charge >= 0.3 is 0 Å². The molecule has 0 heterocycles. The molecule has 0 unspecified atom stereocenters. The van der Waals surface area contributed by atoms with E-state index in [1.54, 1.807) is 0 Å². The van der Waals surface area contributed by atoms with Crippen LogP contribution in [0.1, 0.15) is 77.0 Å². The van der Waals surface area contributed by atoms with Gasteiger partial charge in [0.1, 0.15) is 0 Å². The molecule has 0 rings (SSSR count). The van der Waals surface area contributed by atoms with Gasteiger partial charge in [-0.1, -0.05) is 64.2 Å². The molecule has 0 aromatic heterocycles. The summed E-state index contributed by atoms with van der Waals surface area (Å²) < 4.78 is 0. The molecule has 0 saturated heterocycles. The summed E-state index contributed by atoms with van der Waals surface area (Å²) in [6.07, 6.45) is 14.9. The van der Waals surface area contributed by atoms with Crippen LogP contribution < -0.4 is 0 Å². The zero-order chi connectivity index (χ0) is 12.6. The Bertz CT molecular complexity index is 115. The largest absolute Gasteiger partial charge is 0.396 e. The molecule has 0 aromatic rings. The third kappa shape index (κ3) is 15.9. The highest BCUT2D eigenvalue weighted by atomic mass is 17.1. The summed E-state index contributed by atoms with van der Waals surface area (Å²) in [6, 6.07) is 0. The van der Waals surface area contributed by atoms with Crippen molar-refractivity contribution < 1.29 is 15.3 Å². The van der Waals surface area contributed by atoms with E-state index >= 15 is 0 Å². The van der Waals surface area contributed by atoms with Crippen molar-refractivity contribution in [1.82, 2.24) is 0 Å². The molecule has 0 atom stereocenters. The minimum atomic E-state index is 0.349. The van der Waals surface area contributed by atoms with Crippen LogP contribution in [-0.4, -0.2) is 23.6 Å². The Kier molecular flexibility index (Phi) is 15.8. The minimum absolute atomic E-state index is 0.349. The molecule has 2 N–H and O–H groups in total. The number of hydrogen-bond acceptors (Lipinski definition) is 3. The average molecular weight is 246 g/mol. The van der Waals surface area contributed by atoms with E-state index in [9.17, 15) is 0 Å². The lowest BCUT2D eigenvalue weighted by atomic mass is 10.1. The van der Waals surface area contributed by atoms with Crippen molar-refractivity contribution in [2.45, 2.75) is 77.0 Å². The monoisotopic (exact) mass is 246 g/mol. The molecular weight excluding hydrogens is 216 g/mol. The molecule has 0 spiro atoms. The zero-order valence-corrected chi connectivity index (χ0v) is 11.2. The molecule has 0 aliphatic heterocycles. The van der Waals surface area contributed by atoms with E-state index in [2.05, 4.69) is 4.89 Å². The van der Waals surface area contributed by atoms with Crippen LogP contribution in [0.2, 0.25) is 0 Å². The molecule has 0 aromatic carbocycles. The molecule has 0 saturated carbocycles. The second-order valence-electron chi connectivity index (χ2n) is 4.80. The molecule has 3 heteroatoms. The Morgan fingerprint density at radius 3 is 1.24 bits per heavy atom. The standard InChI is InChI=1S/C14H30O3/c15-13-11-9-7-5-3-1-2-4-6-8-10-12-14-17-16/h15-16H,1-14H2. The van der Waals surface area contributed by atoms with Gasteiger partial charge in [-0.25, -0.2) is 4.89 Å². The second kappa shape index (κ2) is 15.9. The second-order valence-corrected chi connectivity index (χ2v) is 4.80. The van der Waals surface area contributed by atoms with Gasteiger partial charge < -0.3 is 5.11 Å². The van der Waals surface area contributed by atoms with Gasteiger partial charge in [-0.3, -0.25) is 5.26 Å². The molecule has 3 nitrogen and oxygen atoms in total. The van der Waals surface area contributed by atoms with Gasteiger partial charge in [0.2, 0.25) is 0 Å². The number of rotatable bonds is 14. The summed E-state index contributed by atoms with van der Waals surface area (Å²) in [5.41, 5.74) is 0. The van der Waals surface area contributed by atoms with Crippen LogP contribution >= 0.6 is 0 Å². The van der Waals surface area contributed by atoms with Gasteiger partial charge in [0.15, 0.2) is 0 Å². The van der Waals surface area contributed by atoms with Crippen molar-refractivity contribution in [3.8, 4) is 0 Å². The van der Waals surface area contributed by atoms with Crippen LogP contribution in [0.5, 0.6) is 0 Å². The lowest BCUT2D eigenvalue weighted by Gasteiger charge is -2.02. The lowest BCUT2D eigenvalue weighted by Crippen LogP contribution is -1.89. The topological polar surface area (TPSA) is 49.7 Å². The van der Waals surface area contributed by atoms with E-state index < -0.39 is 0 Å². The quantitative estimate of drug-likeness (QED) is 0.275. The fourth-order valence-electron chi connectivity index (χ4n) is 2.05. The van der Waals surface area contributed by atoms with Crippen molar-refractivity contribution >= 4 is 0 Å². The van der Waals surface area contributed by atoms with Crippen LogP contribution in [0.25, 0.3) is 0 Å². The van der Waals surface area contributed by atoms with Gasteiger partial charge in [0, 0.05) is 6.61 Å². The highest BCUT2D eigenvalue weighted by Gasteiger charge is 1.93. The average Bonchev–Trinajstić information content (AvgIpc) is 2.35. The van der Waals surface area contributed by atoms with Crippen LogP contribution in [-0.2, 0) is 4.89 Å². The number of unbranched alkanes of at least 4 members (excludes halogenated alkanes) is 11. The van der Waals surface area contributed by atoms with E-state index in [1.165, 1.54) is 64.2 Å². The van der Waals surface area contributed by atoms with Crippen LogP contribution in [0.4, 0.5) is 0 Å². The number of hydrogen-bond donors (Lipinski definition) is 2. The zero-order valence-electron chi connectivity index (χ0n) is 11.2. The van der Waals surface area contributed by atoms with E-state index in [-0.39, 0.29) is 0 Å². The van der Waals surface area contributed by atoms with E-state index in [0.29, 0.717) is 13.2 Å². The normalized spacial score (nSPS) is 10.9. The molecular formula is C14H30O3. The first kappa shape index (κ1) is 16.9. The Hall–Kier alpha value is -0.120. The van der Waals surface area contributed by atoms with E-state index in [4.69, 9.17) is 10.4 Å². The van der Waals surface area contributed by atoms with E-state index in [1.807, 2.05) is 0 Å². The summed E-state index contributed by atoms with van der Waals surface area (Å²) in [7, 11) is 0. The SMILES string of the molecule is OCCCCCCCCCCCCCCOO. The Morgan fingerprint density at radius 1 is 0.529 bits per heavy atom. The van der Waals surface area contributed by atoms with Crippen LogP contribution in [0.3, 0.4) is 0 Å². The first-order valence-corrected chi connectivity index (χ1v) is 7.29. The fraction of sp³-hybridized carbons (Fsp3) is 1.00. The molecule has 0 aliphatic rings. The van der Waals surface area contributed by atoms with Gasteiger partial charge in [0.05, 0.1) is 6.61 Å². The molecule has 0 radical (unpaired) electrons. The maximum absolute atomic E-state index is 8.62. The van der Waals surface area contributed by atoms with Gasteiger partial charge in [-0.2, -0.15) is 0 Å². The predicted octanol–water partition coefficient (Wildman–Crippen LogP) is 4.15.